The van der Waals surface area contributed by atoms with Gasteiger partial charge in [-0.25, -0.2) is 0 Å². The fraction of sp³-hybridized carbons (Fsp3) is 0.0938. The van der Waals surface area contributed by atoms with E-state index >= 15 is 0 Å². The average Bonchev–Trinajstić information content (AvgIpc) is 3.51. The van der Waals surface area contributed by atoms with Gasteiger partial charge in [0, 0.05) is 16.2 Å². The van der Waals surface area contributed by atoms with Gasteiger partial charge in [0.2, 0.25) is 0 Å². The molecule has 0 amide bonds. The van der Waals surface area contributed by atoms with Gasteiger partial charge in [0.25, 0.3) is 0 Å². The first-order valence-electron chi connectivity index (χ1n) is 12.1. The van der Waals surface area contributed by atoms with Crippen LogP contribution in [-0.4, -0.2) is 9.55 Å². The summed E-state index contributed by atoms with van der Waals surface area (Å²) < 4.78 is 8.45. The quantitative estimate of drug-likeness (QED) is 0.251. The van der Waals surface area contributed by atoms with Gasteiger partial charge in [-0.3, -0.25) is 4.57 Å². The molecule has 0 atom stereocenters. The van der Waals surface area contributed by atoms with Crippen molar-refractivity contribution in [3.05, 3.63) is 108 Å². The largest absolute Gasteiger partial charge is 0.423 e. The SMILES string of the molecule is CC1(C)c2cc3c4ccccc4n(-c4nc5ccccc5o4)c3cc2-c2ccc3ccccc3c21. The van der Waals surface area contributed by atoms with E-state index in [0.29, 0.717) is 6.01 Å². The standard InChI is InChI=1S/C32H22N2O/c1-32(2)25-17-24-21-11-5-7-13-27(21)34(31-33-26-12-6-8-14-29(26)35-31)28(24)18-23(25)22-16-15-19-9-3-4-10-20(19)30(22)32/h3-18H,1-2H3. The third-order valence-corrected chi connectivity index (χ3v) is 7.80. The number of oxazole rings is 1. The molecule has 5 aromatic carbocycles. The first kappa shape index (κ1) is 19.0. The molecule has 3 heteroatoms. The number of rotatable bonds is 1. The predicted octanol–water partition coefficient (Wildman–Crippen LogP) is 8.38. The summed E-state index contributed by atoms with van der Waals surface area (Å²) in [5.41, 5.74) is 9.19. The Hall–Kier alpha value is -4.37. The number of hydrogen-bond acceptors (Lipinski definition) is 2. The second kappa shape index (κ2) is 6.39. The number of benzene rings is 5. The van der Waals surface area contributed by atoms with Crippen molar-refractivity contribution in [1.29, 1.82) is 0 Å². The van der Waals surface area contributed by atoms with E-state index in [1.807, 2.05) is 24.3 Å². The van der Waals surface area contributed by atoms with Crippen LogP contribution >= 0.6 is 0 Å². The van der Waals surface area contributed by atoms with Gasteiger partial charge in [-0.2, -0.15) is 4.98 Å². The number of fused-ring (bicyclic) bond motifs is 9. The van der Waals surface area contributed by atoms with Crippen LogP contribution in [0.3, 0.4) is 0 Å². The van der Waals surface area contributed by atoms with Crippen molar-refractivity contribution >= 4 is 43.7 Å². The summed E-state index contributed by atoms with van der Waals surface area (Å²) in [6.07, 6.45) is 0. The minimum atomic E-state index is -0.0967. The Balaban J connectivity index is 1.51. The lowest BCUT2D eigenvalue weighted by molar-refractivity contribution is 0.574. The molecule has 0 N–H and O–H groups in total. The van der Waals surface area contributed by atoms with Crippen molar-refractivity contribution < 1.29 is 4.42 Å². The number of hydrogen-bond donors (Lipinski definition) is 0. The zero-order chi connectivity index (χ0) is 23.3. The van der Waals surface area contributed by atoms with E-state index in [4.69, 9.17) is 9.40 Å². The summed E-state index contributed by atoms with van der Waals surface area (Å²) in [5.74, 6) is 0. The lowest BCUT2D eigenvalue weighted by atomic mass is 9.80. The van der Waals surface area contributed by atoms with E-state index in [2.05, 4.69) is 91.2 Å². The lowest BCUT2D eigenvalue weighted by Gasteiger charge is -2.23. The van der Waals surface area contributed by atoms with Gasteiger partial charge in [0.1, 0.15) is 5.52 Å². The van der Waals surface area contributed by atoms with Gasteiger partial charge in [-0.1, -0.05) is 80.6 Å². The molecular formula is C32H22N2O. The molecule has 0 bridgehead atoms. The summed E-state index contributed by atoms with van der Waals surface area (Å²) in [6.45, 7) is 4.71. The molecule has 1 aliphatic carbocycles. The highest BCUT2D eigenvalue weighted by Gasteiger charge is 2.37. The highest BCUT2D eigenvalue weighted by Crippen LogP contribution is 2.53. The topological polar surface area (TPSA) is 31.0 Å². The van der Waals surface area contributed by atoms with Crippen molar-refractivity contribution in [2.75, 3.05) is 0 Å². The van der Waals surface area contributed by atoms with Crippen molar-refractivity contribution in [2.24, 2.45) is 0 Å². The molecular weight excluding hydrogens is 428 g/mol. The van der Waals surface area contributed by atoms with Crippen molar-refractivity contribution in [1.82, 2.24) is 9.55 Å². The van der Waals surface area contributed by atoms with Gasteiger partial charge < -0.3 is 4.42 Å². The summed E-state index contributed by atoms with van der Waals surface area (Å²) in [4.78, 5) is 4.86. The van der Waals surface area contributed by atoms with E-state index in [0.717, 1.165) is 22.1 Å². The third-order valence-electron chi connectivity index (χ3n) is 7.80. The summed E-state index contributed by atoms with van der Waals surface area (Å²) in [5, 5.41) is 5.07. The Bertz CT molecular complexity index is 1950. The molecule has 0 saturated carbocycles. The van der Waals surface area contributed by atoms with Crippen LogP contribution in [0.1, 0.15) is 25.0 Å². The number of para-hydroxylation sites is 3. The molecule has 0 unspecified atom stereocenters. The van der Waals surface area contributed by atoms with Crippen LogP contribution < -0.4 is 0 Å². The van der Waals surface area contributed by atoms with Crippen molar-refractivity contribution in [3.63, 3.8) is 0 Å². The maximum Gasteiger partial charge on any atom is 0.307 e. The molecule has 0 saturated heterocycles. The number of nitrogens with zero attached hydrogens (tertiary/aromatic N) is 2. The van der Waals surface area contributed by atoms with E-state index < -0.39 is 0 Å². The minimum absolute atomic E-state index is 0.0967. The van der Waals surface area contributed by atoms with Gasteiger partial charge in [0.05, 0.1) is 11.0 Å². The van der Waals surface area contributed by atoms with E-state index in [-0.39, 0.29) is 5.41 Å². The Kier molecular flexibility index (Phi) is 3.47. The second-order valence-electron chi connectivity index (χ2n) is 10.1. The first-order valence-corrected chi connectivity index (χ1v) is 12.1. The fourth-order valence-corrected chi connectivity index (χ4v) is 6.22. The fourth-order valence-electron chi connectivity index (χ4n) is 6.22. The summed E-state index contributed by atoms with van der Waals surface area (Å²) in [6, 6.07) is 35.1. The molecule has 166 valence electrons. The molecule has 0 aliphatic heterocycles. The summed E-state index contributed by atoms with van der Waals surface area (Å²) in [7, 11) is 0. The van der Waals surface area contributed by atoms with Crippen LogP contribution in [0, 0.1) is 0 Å². The third kappa shape index (κ3) is 2.37. The van der Waals surface area contributed by atoms with Gasteiger partial charge in [-0.15, -0.1) is 0 Å². The molecule has 1 aliphatic rings. The maximum absolute atomic E-state index is 6.27. The second-order valence-corrected chi connectivity index (χ2v) is 10.1. The molecule has 2 heterocycles. The molecule has 0 fully saturated rings. The van der Waals surface area contributed by atoms with Crippen LogP contribution in [0.4, 0.5) is 0 Å². The monoisotopic (exact) mass is 450 g/mol. The number of aromatic nitrogens is 2. The Morgan fingerprint density at radius 1 is 0.686 bits per heavy atom. The van der Waals surface area contributed by atoms with Crippen LogP contribution in [-0.2, 0) is 5.41 Å². The van der Waals surface area contributed by atoms with Gasteiger partial charge >= 0.3 is 6.01 Å². The predicted molar refractivity (Wildman–Crippen MR) is 143 cm³/mol. The molecule has 2 aromatic heterocycles. The van der Waals surface area contributed by atoms with Gasteiger partial charge in [0.15, 0.2) is 5.58 Å². The molecule has 7 aromatic rings. The highest BCUT2D eigenvalue weighted by molar-refractivity contribution is 6.12. The first-order chi connectivity index (χ1) is 17.1. The lowest BCUT2D eigenvalue weighted by Crippen LogP contribution is -2.15. The molecule has 3 nitrogen and oxygen atoms in total. The summed E-state index contributed by atoms with van der Waals surface area (Å²) >= 11 is 0. The van der Waals surface area contributed by atoms with E-state index in [9.17, 15) is 0 Å². The molecule has 35 heavy (non-hydrogen) atoms. The van der Waals surface area contributed by atoms with Crippen LogP contribution in [0.25, 0.3) is 60.8 Å². The normalized spacial score (nSPS) is 14.2. The Morgan fingerprint density at radius 2 is 1.46 bits per heavy atom. The van der Waals surface area contributed by atoms with Crippen LogP contribution in [0.2, 0.25) is 0 Å². The Morgan fingerprint density at radius 3 is 2.34 bits per heavy atom. The average molecular weight is 451 g/mol. The zero-order valence-electron chi connectivity index (χ0n) is 19.5. The van der Waals surface area contributed by atoms with E-state index in [1.165, 1.54) is 43.8 Å². The van der Waals surface area contributed by atoms with E-state index in [1.54, 1.807) is 0 Å². The van der Waals surface area contributed by atoms with Gasteiger partial charge in [-0.05, 0) is 63.4 Å². The Labute approximate surface area is 202 Å². The zero-order valence-corrected chi connectivity index (χ0v) is 19.5. The maximum atomic E-state index is 6.27. The van der Waals surface area contributed by atoms with Crippen LogP contribution in [0.15, 0.2) is 101 Å². The highest BCUT2D eigenvalue weighted by atomic mass is 16.4. The molecule has 8 rings (SSSR count). The van der Waals surface area contributed by atoms with Crippen molar-refractivity contribution in [2.45, 2.75) is 19.3 Å². The smallest absolute Gasteiger partial charge is 0.307 e. The molecule has 0 radical (unpaired) electrons. The molecule has 0 spiro atoms. The minimum Gasteiger partial charge on any atom is -0.423 e. The van der Waals surface area contributed by atoms with Crippen molar-refractivity contribution in [3.8, 4) is 17.1 Å². The van der Waals surface area contributed by atoms with Crippen LogP contribution in [0.5, 0.6) is 0 Å².